The SMILES string of the molecule is c1cnc(N2CCC3(CN(Cc4cccnc4)C3)C2)nc1. The number of rotatable bonds is 3. The van der Waals surface area contributed by atoms with Crippen molar-refractivity contribution in [2.24, 2.45) is 5.41 Å². The monoisotopic (exact) mass is 281 g/mol. The third-order valence-electron chi connectivity index (χ3n) is 4.52. The van der Waals surface area contributed by atoms with Gasteiger partial charge in [0, 0.05) is 62.9 Å². The summed E-state index contributed by atoms with van der Waals surface area (Å²) in [7, 11) is 0. The smallest absolute Gasteiger partial charge is 0.225 e. The number of hydrogen-bond acceptors (Lipinski definition) is 5. The van der Waals surface area contributed by atoms with E-state index in [1.807, 2.05) is 36.9 Å². The van der Waals surface area contributed by atoms with Crippen molar-refractivity contribution in [3.63, 3.8) is 0 Å². The van der Waals surface area contributed by atoms with Crippen LogP contribution in [0.15, 0.2) is 43.0 Å². The van der Waals surface area contributed by atoms with Gasteiger partial charge in [-0.05, 0) is 24.1 Å². The molecule has 0 aliphatic carbocycles. The summed E-state index contributed by atoms with van der Waals surface area (Å²) in [5.74, 6) is 0.875. The number of anilines is 1. The molecule has 2 aromatic heterocycles. The lowest BCUT2D eigenvalue weighted by molar-refractivity contribution is 0.0116. The van der Waals surface area contributed by atoms with Gasteiger partial charge in [0.15, 0.2) is 0 Å². The fraction of sp³-hybridized carbons (Fsp3) is 0.438. The number of aromatic nitrogens is 3. The second-order valence-corrected chi connectivity index (χ2v) is 6.23. The highest BCUT2D eigenvalue weighted by molar-refractivity contribution is 5.33. The molecule has 0 unspecified atom stereocenters. The van der Waals surface area contributed by atoms with Crippen LogP contribution < -0.4 is 4.90 Å². The standard InChI is InChI=1S/C16H19N5/c1-3-14(9-17-5-1)10-20-11-16(12-20)4-8-21(13-16)15-18-6-2-7-19-15/h1-3,5-7,9H,4,8,10-13H2. The minimum atomic E-state index is 0.446. The fourth-order valence-corrected chi connectivity index (χ4v) is 3.58. The highest BCUT2D eigenvalue weighted by Gasteiger charge is 2.47. The van der Waals surface area contributed by atoms with Crippen LogP contribution in [0.3, 0.4) is 0 Å². The number of likely N-dealkylation sites (tertiary alicyclic amines) is 1. The van der Waals surface area contributed by atoms with Crippen molar-refractivity contribution in [1.82, 2.24) is 19.9 Å². The summed E-state index contributed by atoms with van der Waals surface area (Å²) < 4.78 is 0. The van der Waals surface area contributed by atoms with Gasteiger partial charge in [-0.25, -0.2) is 9.97 Å². The summed E-state index contributed by atoms with van der Waals surface area (Å²) in [5, 5.41) is 0. The Morgan fingerprint density at radius 2 is 1.90 bits per heavy atom. The third-order valence-corrected chi connectivity index (χ3v) is 4.52. The molecule has 0 saturated carbocycles. The van der Waals surface area contributed by atoms with Gasteiger partial charge in [0.2, 0.25) is 5.95 Å². The molecule has 0 aromatic carbocycles. The van der Waals surface area contributed by atoms with E-state index in [1.54, 1.807) is 0 Å². The van der Waals surface area contributed by atoms with Crippen LogP contribution in [0, 0.1) is 5.41 Å². The quantitative estimate of drug-likeness (QED) is 0.855. The Kier molecular flexibility index (Phi) is 3.07. The minimum absolute atomic E-state index is 0.446. The van der Waals surface area contributed by atoms with Crippen LogP contribution in [0.2, 0.25) is 0 Å². The summed E-state index contributed by atoms with van der Waals surface area (Å²) in [4.78, 5) is 17.7. The van der Waals surface area contributed by atoms with Crippen molar-refractivity contribution in [2.45, 2.75) is 13.0 Å². The molecule has 5 nitrogen and oxygen atoms in total. The number of pyridine rings is 1. The predicted molar refractivity (Wildman–Crippen MR) is 80.8 cm³/mol. The molecule has 2 saturated heterocycles. The topological polar surface area (TPSA) is 45.2 Å². The van der Waals surface area contributed by atoms with Crippen LogP contribution in [0.25, 0.3) is 0 Å². The fourth-order valence-electron chi connectivity index (χ4n) is 3.58. The molecule has 0 bridgehead atoms. The van der Waals surface area contributed by atoms with Crippen LogP contribution in [-0.4, -0.2) is 46.0 Å². The molecule has 4 heterocycles. The van der Waals surface area contributed by atoms with E-state index < -0.39 is 0 Å². The van der Waals surface area contributed by atoms with Crippen LogP contribution in [-0.2, 0) is 6.54 Å². The molecule has 5 heteroatoms. The summed E-state index contributed by atoms with van der Waals surface area (Å²) in [6, 6.07) is 6.03. The first-order valence-electron chi connectivity index (χ1n) is 7.46. The molecular weight excluding hydrogens is 262 g/mol. The van der Waals surface area contributed by atoms with Crippen LogP contribution in [0.1, 0.15) is 12.0 Å². The van der Waals surface area contributed by atoms with Gasteiger partial charge in [-0.3, -0.25) is 9.88 Å². The molecule has 0 radical (unpaired) electrons. The second-order valence-electron chi connectivity index (χ2n) is 6.23. The van der Waals surface area contributed by atoms with Crippen molar-refractivity contribution in [3.8, 4) is 0 Å². The number of nitrogens with zero attached hydrogens (tertiary/aromatic N) is 5. The zero-order chi connectivity index (χ0) is 14.1. The summed E-state index contributed by atoms with van der Waals surface area (Å²) in [6.07, 6.45) is 8.68. The lowest BCUT2D eigenvalue weighted by Crippen LogP contribution is -2.56. The first-order valence-corrected chi connectivity index (χ1v) is 7.46. The maximum absolute atomic E-state index is 4.36. The van der Waals surface area contributed by atoms with E-state index in [0.29, 0.717) is 5.41 Å². The first kappa shape index (κ1) is 12.7. The Balaban J connectivity index is 1.35. The zero-order valence-corrected chi connectivity index (χ0v) is 12.0. The Bertz CT molecular complexity index is 595. The van der Waals surface area contributed by atoms with E-state index >= 15 is 0 Å². The molecule has 2 aromatic rings. The second kappa shape index (κ2) is 5.07. The molecule has 21 heavy (non-hydrogen) atoms. The largest absolute Gasteiger partial charge is 0.340 e. The van der Waals surface area contributed by atoms with Crippen molar-refractivity contribution < 1.29 is 0 Å². The molecule has 0 amide bonds. The summed E-state index contributed by atoms with van der Waals surface area (Å²) in [6.45, 7) is 5.51. The molecule has 108 valence electrons. The van der Waals surface area contributed by atoms with E-state index in [9.17, 15) is 0 Å². The van der Waals surface area contributed by atoms with Gasteiger partial charge >= 0.3 is 0 Å². The van der Waals surface area contributed by atoms with Crippen molar-refractivity contribution in [1.29, 1.82) is 0 Å². The highest BCUT2D eigenvalue weighted by Crippen LogP contribution is 2.40. The van der Waals surface area contributed by atoms with E-state index in [0.717, 1.165) is 25.6 Å². The summed E-state index contributed by atoms with van der Waals surface area (Å²) >= 11 is 0. The van der Waals surface area contributed by atoms with Gasteiger partial charge in [0.05, 0.1) is 0 Å². The Morgan fingerprint density at radius 3 is 2.67 bits per heavy atom. The lowest BCUT2D eigenvalue weighted by atomic mass is 9.79. The molecule has 2 aliphatic rings. The molecule has 2 aliphatic heterocycles. The molecule has 0 atom stereocenters. The van der Waals surface area contributed by atoms with E-state index in [4.69, 9.17) is 0 Å². The Labute approximate surface area is 124 Å². The zero-order valence-electron chi connectivity index (χ0n) is 12.0. The Morgan fingerprint density at radius 1 is 1.05 bits per heavy atom. The van der Waals surface area contributed by atoms with Crippen molar-refractivity contribution in [3.05, 3.63) is 48.5 Å². The normalized spacial score (nSPS) is 20.7. The van der Waals surface area contributed by atoms with Gasteiger partial charge in [-0.1, -0.05) is 6.07 Å². The molecule has 1 spiro atoms. The maximum atomic E-state index is 4.36. The van der Waals surface area contributed by atoms with Gasteiger partial charge in [-0.2, -0.15) is 0 Å². The average Bonchev–Trinajstić information content (AvgIpc) is 2.94. The third kappa shape index (κ3) is 2.49. The lowest BCUT2D eigenvalue weighted by Gasteiger charge is -2.48. The predicted octanol–water partition coefficient (Wildman–Crippen LogP) is 1.58. The molecule has 2 fully saturated rings. The van der Waals surface area contributed by atoms with Crippen LogP contribution >= 0.6 is 0 Å². The van der Waals surface area contributed by atoms with Crippen LogP contribution in [0.5, 0.6) is 0 Å². The van der Waals surface area contributed by atoms with Crippen molar-refractivity contribution >= 4 is 5.95 Å². The van der Waals surface area contributed by atoms with Gasteiger partial charge in [0.25, 0.3) is 0 Å². The molecule has 0 N–H and O–H groups in total. The van der Waals surface area contributed by atoms with E-state index in [1.165, 1.54) is 25.1 Å². The van der Waals surface area contributed by atoms with E-state index in [2.05, 4.69) is 30.8 Å². The van der Waals surface area contributed by atoms with Crippen LogP contribution in [0.4, 0.5) is 5.95 Å². The molecule has 4 rings (SSSR count). The summed E-state index contributed by atoms with van der Waals surface area (Å²) in [5.41, 5.74) is 1.75. The minimum Gasteiger partial charge on any atom is -0.340 e. The average molecular weight is 281 g/mol. The van der Waals surface area contributed by atoms with Gasteiger partial charge < -0.3 is 4.90 Å². The Hall–Kier alpha value is -2.01. The van der Waals surface area contributed by atoms with Gasteiger partial charge in [-0.15, -0.1) is 0 Å². The van der Waals surface area contributed by atoms with E-state index in [-0.39, 0.29) is 0 Å². The molecular formula is C16H19N5. The van der Waals surface area contributed by atoms with Gasteiger partial charge in [0.1, 0.15) is 0 Å². The maximum Gasteiger partial charge on any atom is 0.225 e. The highest BCUT2D eigenvalue weighted by atomic mass is 15.3. The van der Waals surface area contributed by atoms with Crippen molar-refractivity contribution in [2.75, 3.05) is 31.1 Å². The first-order chi connectivity index (χ1) is 10.3. The number of hydrogen-bond donors (Lipinski definition) is 0.